The molecule has 0 saturated heterocycles. The summed E-state index contributed by atoms with van der Waals surface area (Å²) in [7, 11) is 0. The Bertz CT molecular complexity index is 588. The van der Waals surface area contributed by atoms with Crippen LogP contribution in [0.5, 0.6) is 0 Å². The van der Waals surface area contributed by atoms with Gasteiger partial charge in [0.25, 0.3) is 0 Å². The van der Waals surface area contributed by atoms with Crippen molar-refractivity contribution in [2.45, 2.75) is 19.8 Å². The van der Waals surface area contributed by atoms with Crippen molar-refractivity contribution >= 4 is 33.2 Å². The number of anilines is 2. The quantitative estimate of drug-likeness (QED) is 0.834. The van der Waals surface area contributed by atoms with Gasteiger partial charge in [0, 0.05) is 10.9 Å². The van der Waals surface area contributed by atoms with Gasteiger partial charge in [0.1, 0.15) is 0 Å². The Morgan fingerprint density at radius 1 is 1.25 bits per heavy atom. The van der Waals surface area contributed by atoms with E-state index in [0.29, 0.717) is 17.8 Å². The Hall–Kier alpha value is -1.81. The monoisotopic (exact) mass is 332 g/mol. The van der Waals surface area contributed by atoms with E-state index in [9.17, 15) is 4.79 Å². The topological polar surface area (TPSA) is 55.1 Å². The van der Waals surface area contributed by atoms with E-state index in [4.69, 9.17) is 5.73 Å². The van der Waals surface area contributed by atoms with Crippen molar-refractivity contribution in [1.82, 2.24) is 0 Å². The van der Waals surface area contributed by atoms with Crippen LogP contribution in [0.4, 0.5) is 11.4 Å². The lowest BCUT2D eigenvalue weighted by atomic mass is 10.1. The number of hydrogen-bond acceptors (Lipinski definition) is 2. The van der Waals surface area contributed by atoms with Gasteiger partial charge in [0.15, 0.2) is 0 Å². The minimum absolute atomic E-state index is 0.0369. The molecule has 2 rings (SSSR count). The average Bonchev–Trinajstić information content (AvgIpc) is 2.42. The largest absolute Gasteiger partial charge is 0.397 e. The second-order valence-corrected chi connectivity index (χ2v) is 5.60. The van der Waals surface area contributed by atoms with E-state index in [-0.39, 0.29) is 5.91 Å². The number of aryl methyl sites for hydroxylation is 2. The first kappa shape index (κ1) is 14.6. The number of amides is 1. The Morgan fingerprint density at radius 3 is 2.60 bits per heavy atom. The second kappa shape index (κ2) is 6.57. The zero-order valence-corrected chi connectivity index (χ0v) is 12.9. The third-order valence-electron chi connectivity index (χ3n) is 3.01. The van der Waals surface area contributed by atoms with Gasteiger partial charge in [-0.2, -0.15) is 0 Å². The van der Waals surface area contributed by atoms with Gasteiger partial charge in [-0.3, -0.25) is 4.79 Å². The predicted octanol–water partition coefficient (Wildman–Crippen LogP) is 3.91. The molecule has 1 amide bonds. The lowest BCUT2D eigenvalue weighted by Crippen LogP contribution is -2.14. The molecule has 4 heteroatoms. The fraction of sp³-hybridized carbons (Fsp3) is 0.188. The average molecular weight is 333 g/mol. The first-order chi connectivity index (χ1) is 9.56. The summed E-state index contributed by atoms with van der Waals surface area (Å²) < 4.78 is 0.808. The number of rotatable bonds is 4. The molecule has 0 fully saturated rings. The molecule has 0 bridgehead atoms. The van der Waals surface area contributed by atoms with Gasteiger partial charge in [-0.05, 0) is 52.5 Å². The van der Waals surface area contributed by atoms with Crippen LogP contribution in [0, 0.1) is 6.92 Å². The molecular weight excluding hydrogens is 316 g/mol. The maximum atomic E-state index is 12.0. The van der Waals surface area contributed by atoms with Crippen molar-refractivity contribution in [3.8, 4) is 0 Å². The maximum Gasteiger partial charge on any atom is 0.224 e. The summed E-state index contributed by atoms with van der Waals surface area (Å²) in [5.41, 5.74) is 9.36. The van der Waals surface area contributed by atoms with E-state index in [2.05, 4.69) is 21.2 Å². The summed E-state index contributed by atoms with van der Waals surface area (Å²) >= 11 is 3.43. The highest BCUT2D eigenvalue weighted by Gasteiger charge is 2.09. The molecule has 0 heterocycles. The summed E-state index contributed by atoms with van der Waals surface area (Å²) in [5, 5.41) is 2.87. The van der Waals surface area contributed by atoms with Gasteiger partial charge >= 0.3 is 0 Å². The third-order valence-corrected chi connectivity index (χ3v) is 3.64. The first-order valence-electron chi connectivity index (χ1n) is 6.45. The number of nitrogens with one attached hydrogen (secondary N) is 1. The van der Waals surface area contributed by atoms with Gasteiger partial charge in [0.05, 0.1) is 11.4 Å². The van der Waals surface area contributed by atoms with Crippen molar-refractivity contribution < 1.29 is 4.79 Å². The molecular formula is C16H17BrN2O. The summed E-state index contributed by atoms with van der Waals surface area (Å²) in [6.45, 7) is 1.96. The number of benzene rings is 2. The van der Waals surface area contributed by atoms with Crippen molar-refractivity contribution in [2.75, 3.05) is 11.1 Å². The molecule has 0 radical (unpaired) electrons. The number of nitrogens with two attached hydrogens (primary N) is 1. The van der Waals surface area contributed by atoms with Crippen molar-refractivity contribution in [3.05, 3.63) is 58.1 Å². The van der Waals surface area contributed by atoms with Crippen molar-refractivity contribution in [2.24, 2.45) is 0 Å². The lowest BCUT2D eigenvalue weighted by molar-refractivity contribution is -0.116. The molecule has 0 spiro atoms. The van der Waals surface area contributed by atoms with Gasteiger partial charge in [-0.1, -0.05) is 30.3 Å². The van der Waals surface area contributed by atoms with E-state index in [1.807, 2.05) is 49.4 Å². The van der Waals surface area contributed by atoms with E-state index in [0.717, 1.165) is 22.0 Å². The number of carbonyl (C=O) groups is 1. The Balaban J connectivity index is 1.98. The molecule has 20 heavy (non-hydrogen) atoms. The van der Waals surface area contributed by atoms with Crippen LogP contribution in [-0.4, -0.2) is 5.91 Å². The van der Waals surface area contributed by atoms with Gasteiger partial charge < -0.3 is 11.1 Å². The maximum absolute atomic E-state index is 12.0. The van der Waals surface area contributed by atoms with Gasteiger partial charge in [0.2, 0.25) is 5.91 Å². The normalized spacial score (nSPS) is 10.3. The molecule has 0 atom stereocenters. The van der Waals surface area contributed by atoms with Crippen molar-refractivity contribution in [1.29, 1.82) is 0 Å². The predicted molar refractivity (Wildman–Crippen MR) is 86.7 cm³/mol. The van der Waals surface area contributed by atoms with Crippen LogP contribution in [0.1, 0.15) is 17.5 Å². The van der Waals surface area contributed by atoms with Crippen LogP contribution in [0.2, 0.25) is 0 Å². The van der Waals surface area contributed by atoms with Crippen LogP contribution in [0.15, 0.2) is 46.9 Å². The fourth-order valence-corrected chi connectivity index (χ4v) is 2.69. The smallest absolute Gasteiger partial charge is 0.224 e. The molecule has 2 aromatic carbocycles. The highest BCUT2D eigenvalue weighted by Crippen LogP contribution is 2.30. The van der Waals surface area contributed by atoms with Crippen LogP contribution in [0.25, 0.3) is 0 Å². The molecule has 3 N–H and O–H groups in total. The summed E-state index contributed by atoms with van der Waals surface area (Å²) in [4.78, 5) is 12.0. The van der Waals surface area contributed by atoms with Gasteiger partial charge in [-0.15, -0.1) is 0 Å². The number of nitrogen functional groups attached to an aromatic ring is 1. The van der Waals surface area contributed by atoms with Crippen LogP contribution < -0.4 is 11.1 Å². The lowest BCUT2D eigenvalue weighted by Gasteiger charge is -2.11. The molecule has 0 aromatic heterocycles. The molecule has 2 aromatic rings. The molecule has 0 aliphatic rings. The number of carbonyl (C=O) groups excluding carboxylic acids is 1. The first-order valence-corrected chi connectivity index (χ1v) is 7.25. The Kier molecular flexibility index (Phi) is 4.79. The fourth-order valence-electron chi connectivity index (χ4n) is 2.01. The van der Waals surface area contributed by atoms with E-state index < -0.39 is 0 Å². The minimum Gasteiger partial charge on any atom is -0.397 e. The SMILES string of the molecule is Cc1cc(N)c(NC(=O)CCc2ccccc2)c(Br)c1. The molecule has 0 saturated carbocycles. The van der Waals surface area contributed by atoms with E-state index >= 15 is 0 Å². The molecule has 0 aliphatic carbocycles. The summed E-state index contributed by atoms with van der Waals surface area (Å²) in [5.74, 6) is -0.0369. The van der Waals surface area contributed by atoms with Crippen LogP contribution in [0.3, 0.4) is 0 Å². The highest BCUT2D eigenvalue weighted by molar-refractivity contribution is 9.10. The van der Waals surface area contributed by atoms with Crippen LogP contribution >= 0.6 is 15.9 Å². The summed E-state index contributed by atoms with van der Waals surface area (Å²) in [6, 6.07) is 13.7. The van der Waals surface area contributed by atoms with E-state index in [1.165, 1.54) is 0 Å². The minimum atomic E-state index is -0.0369. The van der Waals surface area contributed by atoms with E-state index in [1.54, 1.807) is 0 Å². The zero-order chi connectivity index (χ0) is 14.5. The third kappa shape index (κ3) is 3.84. The zero-order valence-electron chi connectivity index (χ0n) is 11.3. The molecule has 3 nitrogen and oxygen atoms in total. The standard InChI is InChI=1S/C16H17BrN2O/c1-11-9-13(17)16(14(18)10-11)19-15(20)8-7-12-5-3-2-4-6-12/h2-6,9-10H,7-8,18H2,1H3,(H,19,20). The van der Waals surface area contributed by atoms with Gasteiger partial charge in [-0.25, -0.2) is 0 Å². The molecule has 104 valence electrons. The highest BCUT2D eigenvalue weighted by atomic mass is 79.9. The number of hydrogen-bond donors (Lipinski definition) is 2. The molecule has 0 unspecified atom stereocenters. The second-order valence-electron chi connectivity index (χ2n) is 4.74. The number of halogens is 1. The Morgan fingerprint density at radius 2 is 1.95 bits per heavy atom. The summed E-state index contributed by atoms with van der Waals surface area (Å²) in [6.07, 6.45) is 1.15. The van der Waals surface area contributed by atoms with Crippen LogP contribution in [-0.2, 0) is 11.2 Å². The Labute approximate surface area is 127 Å². The molecule has 0 aliphatic heterocycles. The van der Waals surface area contributed by atoms with Crippen molar-refractivity contribution in [3.63, 3.8) is 0 Å².